The summed E-state index contributed by atoms with van der Waals surface area (Å²) in [5, 5.41) is 0. The molecule has 6 rings (SSSR count). The molecular weight excluding hydrogens is 653 g/mol. The monoisotopic (exact) mass is 727 g/mol. The summed E-state index contributed by atoms with van der Waals surface area (Å²) in [5.74, 6) is 2.48. The van der Waals surface area contributed by atoms with Crippen molar-refractivity contribution in [2.75, 3.05) is 0 Å². The Labute approximate surface area is 331 Å². The van der Waals surface area contributed by atoms with E-state index in [1.807, 2.05) is 33.9 Å². The van der Waals surface area contributed by atoms with Gasteiger partial charge in [0.1, 0.15) is 5.82 Å². The smallest absolute Gasteiger partial charge is 0.144 e. The summed E-state index contributed by atoms with van der Waals surface area (Å²) < 4.78 is 2.41. The molecule has 0 bridgehead atoms. The van der Waals surface area contributed by atoms with E-state index in [9.17, 15) is 0 Å². The maximum absolute atomic E-state index is 5.16. The number of nitrogens with zero attached hydrogens (tertiary/aromatic N) is 2. The number of benzene rings is 4. The maximum Gasteiger partial charge on any atom is 0.144 e. The first-order valence-electron chi connectivity index (χ1n) is 21.7. The molecule has 4 aromatic carbocycles. The zero-order valence-corrected chi connectivity index (χ0v) is 36.7. The van der Waals surface area contributed by atoms with Crippen LogP contribution in [0.25, 0.3) is 39.3 Å². The Bertz CT molecular complexity index is 1830. The summed E-state index contributed by atoms with van der Waals surface area (Å²) >= 11 is 0. The van der Waals surface area contributed by atoms with Gasteiger partial charge in [-0.15, -0.1) is 0 Å². The van der Waals surface area contributed by atoms with E-state index in [0.29, 0.717) is 17.8 Å². The van der Waals surface area contributed by atoms with E-state index < -0.39 is 0 Å². The average molecular weight is 727 g/mol. The van der Waals surface area contributed by atoms with E-state index in [1.165, 1.54) is 93.4 Å². The molecule has 1 unspecified atom stereocenters. The SMILES string of the molecule is CC.CC.CCCCC.CCc1ccc(-c2ccc(C3(C)C[C@@H]3CC)c(-c3nccn3-c3c(C(C)C)cc(-c4ccccc4)cc3C(C)C)c2)c(CC)c1. The standard InChI is InChI=1S/C43H50N2.C5H12.2C2H6/c1-9-30-17-19-36(31(10-2)23-30)33-18-20-40(43(8)27-35(43)11-3)39(24-33)42-44-21-22-45(42)41-37(28(4)5)25-34(26-38(41)29(6)7)32-15-13-12-14-16-32;1-3-5-4-2;2*1-2/h12-26,28-29,35H,9-11,27H2,1-8H3;3-5H2,1-2H3;2*1-2H3/t35-,43?;;;/m0.../s1. The Hall–Kier alpha value is -3.91. The summed E-state index contributed by atoms with van der Waals surface area (Å²) in [7, 11) is 0. The highest BCUT2D eigenvalue weighted by Gasteiger charge is 2.51. The van der Waals surface area contributed by atoms with E-state index in [-0.39, 0.29) is 5.41 Å². The van der Waals surface area contributed by atoms with Crippen molar-refractivity contribution in [2.24, 2.45) is 5.92 Å². The van der Waals surface area contributed by atoms with Gasteiger partial charge in [0.15, 0.2) is 0 Å². The summed E-state index contributed by atoms with van der Waals surface area (Å²) in [4.78, 5) is 5.16. The van der Waals surface area contributed by atoms with Crippen molar-refractivity contribution in [2.45, 2.75) is 159 Å². The molecule has 1 aromatic heterocycles. The first-order valence-corrected chi connectivity index (χ1v) is 21.7. The predicted molar refractivity (Wildman–Crippen MR) is 240 cm³/mol. The molecule has 2 heteroatoms. The highest BCUT2D eigenvalue weighted by Crippen LogP contribution is 2.58. The largest absolute Gasteiger partial charge is 0.299 e. The van der Waals surface area contributed by atoms with Crippen molar-refractivity contribution in [1.82, 2.24) is 9.55 Å². The number of imidazole rings is 1. The quantitative estimate of drug-likeness (QED) is 0.125. The van der Waals surface area contributed by atoms with Crippen molar-refractivity contribution < 1.29 is 0 Å². The minimum absolute atomic E-state index is 0.179. The van der Waals surface area contributed by atoms with Crippen molar-refractivity contribution >= 4 is 0 Å². The lowest BCUT2D eigenvalue weighted by molar-refractivity contribution is 0.643. The molecule has 1 aliphatic rings. The van der Waals surface area contributed by atoms with E-state index >= 15 is 0 Å². The van der Waals surface area contributed by atoms with Crippen molar-refractivity contribution in [3.05, 3.63) is 119 Å². The molecule has 5 aromatic rings. The zero-order chi connectivity index (χ0) is 40.0. The van der Waals surface area contributed by atoms with Gasteiger partial charge in [-0.25, -0.2) is 4.98 Å². The number of aromatic nitrogens is 2. The van der Waals surface area contributed by atoms with Crippen LogP contribution in [0.1, 0.15) is 169 Å². The molecule has 0 N–H and O–H groups in total. The average Bonchev–Trinajstić information content (AvgIpc) is 3.65. The Balaban J connectivity index is 0.000000795. The number of rotatable bonds is 12. The van der Waals surface area contributed by atoms with Gasteiger partial charge in [-0.1, -0.05) is 183 Å². The van der Waals surface area contributed by atoms with Crippen molar-refractivity contribution in [1.29, 1.82) is 0 Å². The molecule has 1 heterocycles. The van der Waals surface area contributed by atoms with Crippen molar-refractivity contribution in [3.63, 3.8) is 0 Å². The second-order valence-corrected chi connectivity index (χ2v) is 15.3. The normalized spacial score (nSPS) is 15.8. The van der Waals surface area contributed by atoms with Crippen LogP contribution in [0.3, 0.4) is 0 Å². The molecule has 0 spiro atoms. The van der Waals surface area contributed by atoms with Gasteiger partial charge in [0, 0.05) is 18.0 Å². The number of hydrogen-bond donors (Lipinski definition) is 0. The molecule has 292 valence electrons. The molecule has 2 nitrogen and oxygen atoms in total. The molecule has 1 fully saturated rings. The first kappa shape index (κ1) is 44.5. The lowest BCUT2D eigenvalue weighted by Crippen LogP contribution is -2.12. The van der Waals surface area contributed by atoms with Gasteiger partial charge < -0.3 is 0 Å². The molecular formula is C52H74N2. The van der Waals surface area contributed by atoms with E-state index in [0.717, 1.165) is 18.7 Å². The predicted octanol–water partition coefficient (Wildman–Crippen LogP) is 16.2. The summed E-state index contributed by atoms with van der Waals surface area (Å²) in [6.07, 6.45) is 12.8. The summed E-state index contributed by atoms with van der Waals surface area (Å²) in [6.45, 7) is 31.0. The van der Waals surface area contributed by atoms with Gasteiger partial charge in [-0.3, -0.25) is 4.57 Å². The Kier molecular flexibility index (Phi) is 17.5. The third-order valence-electron chi connectivity index (χ3n) is 11.2. The molecule has 54 heavy (non-hydrogen) atoms. The number of unbranched alkanes of at least 4 members (excludes halogenated alkanes) is 2. The van der Waals surface area contributed by atoms with Crippen LogP contribution in [-0.2, 0) is 18.3 Å². The number of aryl methyl sites for hydroxylation is 2. The topological polar surface area (TPSA) is 17.8 Å². The van der Waals surface area contributed by atoms with Crippen LogP contribution < -0.4 is 0 Å². The van der Waals surface area contributed by atoms with Crippen LogP contribution in [-0.4, -0.2) is 9.55 Å². The van der Waals surface area contributed by atoms with Crippen LogP contribution in [0.4, 0.5) is 0 Å². The molecule has 2 atom stereocenters. The van der Waals surface area contributed by atoms with Gasteiger partial charge >= 0.3 is 0 Å². The van der Waals surface area contributed by atoms with Crippen molar-refractivity contribution in [3.8, 4) is 39.3 Å². The van der Waals surface area contributed by atoms with E-state index in [4.69, 9.17) is 4.98 Å². The zero-order valence-electron chi connectivity index (χ0n) is 36.7. The minimum atomic E-state index is 0.179. The van der Waals surface area contributed by atoms with Gasteiger partial charge in [0.2, 0.25) is 0 Å². The molecule has 1 aliphatic carbocycles. The molecule has 0 aliphatic heterocycles. The van der Waals surface area contributed by atoms with Gasteiger partial charge in [-0.05, 0) is 111 Å². The highest BCUT2D eigenvalue weighted by atomic mass is 15.1. The van der Waals surface area contributed by atoms with E-state index in [2.05, 4.69) is 159 Å². The number of hydrogen-bond acceptors (Lipinski definition) is 1. The molecule has 0 saturated heterocycles. The first-order chi connectivity index (χ1) is 26.1. The van der Waals surface area contributed by atoms with Gasteiger partial charge in [-0.2, -0.15) is 0 Å². The van der Waals surface area contributed by atoms with Crippen LogP contribution in [0.5, 0.6) is 0 Å². The second-order valence-electron chi connectivity index (χ2n) is 15.3. The lowest BCUT2D eigenvalue weighted by Gasteiger charge is -2.25. The fourth-order valence-electron chi connectivity index (χ4n) is 7.89. The third kappa shape index (κ3) is 10.0. The fourth-order valence-corrected chi connectivity index (χ4v) is 7.89. The Morgan fingerprint density at radius 2 is 1.31 bits per heavy atom. The van der Waals surface area contributed by atoms with Crippen LogP contribution >= 0.6 is 0 Å². The Morgan fingerprint density at radius 3 is 1.81 bits per heavy atom. The highest BCUT2D eigenvalue weighted by molar-refractivity contribution is 5.78. The lowest BCUT2D eigenvalue weighted by atomic mass is 9.86. The maximum atomic E-state index is 5.16. The van der Waals surface area contributed by atoms with Gasteiger partial charge in [0.05, 0.1) is 5.69 Å². The summed E-state index contributed by atoms with van der Waals surface area (Å²) in [6, 6.07) is 29.9. The summed E-state index contributed by atoms with van der Waals surface area (Å²) in [5.41, 5.74) is 14.9. The molecule has 0 amide bonds. The minimum Gasteiger partial charge on any atom is -0.299 e. The second kappa shape index (κ2) is 21.3. The van der Waals surface area contributed by atoms with E-state index in [1.54, 1.807) is 0 Å². The van der Waals surface area contributed by atoms with Crippen LogP contribution in [0.2, 0.25) is 0 Å². The third-order valence-corrected chi connectivity index (χ3v) is 11.2. The Morgan fingerprint density at radius 1 is 0.685 bits per heavy atom. The van der Waals surface area contributed by atoms with Gasteiger partial charge in [0.25, 0.3) is 0 Å². The van der Waals surface area contributed by atoms with Crippen LogP contribution in [0.15, 0.2) is 91.3 Å². The fraction of sp³-hybridized carbons (Fsp3) is 0.481. The van der Waals surface area contributed by atoms with Crippen LogP contribution in [0, 0.1) is 5.92 Å². The molecule has 0 radical (unpaired) electrons. The molecule has 1 saturated carbocycles.